The van der Waals surface area contributed by atoms with Crippen molar-refractivity contribution in [2.75, 3.05) is 7.11 Å². The SMILES string of the molecule is COc1ncccc1C(=O)N(Cc1ccc(C(F)(F)F)cc1)C1CC1. The monoisotopic (exact) mass is 350 g/mol. The van der Waals surface area contributed by atoms with E-state index in [1.54, 1.807) is 17.0 Å². The molecular formula is C18H17F3N2O2. The maximum atomic E-state index is 12.9. The largest absolute Gasteiger partial charge is 0.480 e. The van der Waals surface area contributed by atoms with E-state index < -0.39 is 11.7 Å². The number of hydrogen-bond acceptors (Lipinski definition) is 3. The van der Waals surface area contributed by atoms with Crippen LogP contribution in [0.3, 0.4) is 0 Å². The van der Waals surface area contributed by atoms with E-state index in [1.807, 2.05) is 0 Å². The number of alkyl halides is 3. The molecule has 0 aliphatic heterocycles. The number of rotatable bonds is 5. The minimum Gasteiger partial charge on any atom is -0.480 e. The van der Waals surface area contributed by atoms with Crippen LogP contribution in [0.15, 0.2) is 42.6 Å². The molecule has 0 spiro atoms. The van der Waals surface area contributed by atoms with Gasteiger partial charge >= 0.3 is 6.18 Å². The lowest BCUT2D eigenvalue weighted by atomic mass is 10.1. The van der Waals surface area contributed by atoms with Gasteiger partial charge in [-0.1, -0.05) is 12.1 Å². The van der Waals surface area contributed by atoms with Crippen molar-refractivity contribution in [3.63, 3.8) is 0 Å². The van der Waals surface area contributed by atoms with E-state index in [-0.39, 0.29) is 24.4 Å². The fraction of sp³-hybridized carbons (Fsp3) is 0.333. The first-order valence-corrected chi connectivity index (χ1v) is 7.86. The van der Waals surface area contributed by atoms with Crippen molar-refractivity contribution in [3.05, 3.63) is 59.3 Å². The zero-order chi connectivity index (χ0) is 18.0. The van der Waals surface area contributed by atoms with Crippen LogP contribution in [0.2, 0.25) is 0 Å². The van der Waals surface area contributed by atoms with Crippen molar-refractivity contribution in [2.45, 2.75) is 31.6 Å². The Morgan fingerprint density at radius 2 is 1.92 bits per heavy atom. The lowest BCUT2D eigenvalue weighted by Gasteiger charge is -2.23. The predicted molar refractivity (Wildman–Crippen MR) is 85.1 cm³/mol. The Hall–Kier alpha value is -2.57. The third kappa shape index (κ3) is 3.92. The Bertz CT molecular complexity index is 756. The lowest BCUT2D eigenvalue weighted by molar-refractivity contribution is -0.137. The highest BCUT2D eigenvalue weighted by atomic mass is 19.4. The molecule has 0 atom stereocenters. The fourth-order valence-corrected chi connectivity index (χ4v) is 2.62. The number of amides is 1. The van der Waals surface area contributed by atoms with Crippen molar-refractivity contribution in [1.29, 1.82) is 0 Å². The molecule has 1 fully saturated rings. The van der Waals surface area contributed by atoms with E-state index in [0.717, 1.165) is 25.0 Å². The topological polar surface area (TPSA) is 42.4 Å². The van der Waals surface area contributed by atoms with Crippen LogP contribution in [0, 0.1) is 0 Å². The van der Waals surface area contributed by atoms with Crippen molar-refractivity contribution in [1.82, 2.24) is 9.88 Å². The van der Waals surface area contributed by atoms with Crippen LogP contribution in [-0.2, 0) is 12.7 Å². The molecular weight excluding hydrogens is 333 g/mol. The summed E-state index contributed by atoms with van der Waals surface area (Å²) < 4.78 is 43.1. The smallest absolute Gasteiger partial charge is 0.416 e. The summed E-state index contributed by atoms with van der Waals surface area (Å²) in [5.74, 6) is 0.0120. The van der Waals surface area contributed by atoms with Crippen LogP contribution >= 0.6 is 0 Å². The van der Waals surface area contributed by atoms with Crippen LogP contribution in [0.4, 0.5) is 13.2 Å². The van der Waals surface area contributed by atoms with Gasteiger partial charge in [-0.25, -0.2) is 4.98 Å². The van der Waals surface area contributed by atoms with Crippen molar-refractivity contribution in [3.8, 4) is 5.88 Å². The average Bonchev–Trinajstić information content (AvgIpc) is 3.43. The Morgan fingerprint density at radius 1 is 1.24 bits per heavy atom. The number of carbonyl (C=O) groups is 1. The van der Waals surface area contributed by atoms with E-state index >= 15 is 0 Å². The highest BCUT2D eigenvalue weighted by Gasteiger charge is 2.35. The number of hydrogen-bond donors (Lipinski definition) is 0. The number of aromatic nitrogens is 1. The molecule has 1 aliphatic rings. The minimum atomic E-state index is -4.37. The van der Waals surface area contributed by atoms with Crippen LogP contribution in [-0.4, -0.2) is 28.9 Å². The van der Waals surface area contributed by atoms with Gasteiger partial charge in [0, 0.05) is 18.8 Å². The second kappa shape index (κ2) is 6.74. The molecule has 0 saturated heterocycles. The Kier molecular flexibility index (Phi) is 4.65. The molecule has 1 aromatic heterocycles. The van der Waals surface area contributed by atoms with Crippen LogP contribution in [0.5, 0.6) is 5.88 Å². The quantitative estimate of drug-likeness (QED) is 0.821. The van der Waals surface area contributed by atoms with Gasteiger partial charge in [0.25, 0.3) is 5.91 Å². The zero-order valence-corrected chi connectivity index (χ0v) is 13.6. The molecule has 132 valence electrons. The number of carbonyl (C=O) groups excluding carboxylic acids is 1. The summed E-state index contributed by atoms with van der Waals surface area (Å²) in [4.78, 5) is 18.6. The third-order valence-electron chi connectivity index (χ3n) is 4.08. The Labute approximate surface area is 143 Å². The van der Waals surface area contributed by atoms with E-state index in [2.05, 4.69) is 4.98 Å². The number of nitrogens with zero attached hydrogens (tertiary/aromatic N) is 2. The molecule has 1 aliphatic carbocycles. The average molecular weight is 350 g/mol. The molecule has 1 saturated carbocycles. The van der Waals surface area contributed by atoms with Gasteiger partial charge in [0.15, 0.2) is 0 Å². The van der Waals surface area contributed by atoms with E-state index in [9.17, 15) is 18.0 Å². The molecule has 7 heteroatoms. The number of methoxy groups -OCH3 is 1. The summed E-state index contributed by atoms with van der Waals surface area (Å²) in [5, 5.41) is 0. The second-order valence-electron chi connectivity index (χ2n) is 5.92. The van der Waals surface area contributed by atoms with E-state index in [0.29, 0.717) is 11.1 Å². The number of halogens is 3. The normalized spacial score (nSPS) is 14.2. The Morgan fingerprint density at radius 3 is 2.48 bits per heavy atom. The highest BCUT2D eigenvalue weighted by Crippen LogP contribution is 2.32. The number of ether oxygens (including phenoxy) is 1. The summed E-state index contributed by atoms with van der Waals surface area (Å²) in [7, 11) is 1.44. The molecule has 1 amide bonds. The van der Waals surface area contributed by atoms with Crippen molar-refractivity contribution >= 4 is 5.91 Å². The van der Waals surface area contributed by atoms with Crippen molar-refractivity contribution < 1.29 is 22.7 Å². The summed E-state index contributed by atoms with van der Waals surface area (Å²) in [6, 6.07) is 8.28. The van der Waals surface area contributed by atoms with Gasteiger partial charge in [-0.3, -0.25) is 4.79 Å². The standard InChI is InChI=1S/C18H17F3N2O2/c1-25-16-15(3-2-10-22-16)17(24)23(14-8-9-14)11-12-4-6-13(7-5-12)18(19,20)21/h2-7,10,14H,8-9,11H2,1H3. The second-order valence-corrected chi connectivity index (χ2v) is 5.92. The molecule has 25 heavy (non-hydrogen) atoms. The maximum Gasteiger partial charge on any atom is 0.416 e. The minimum absolute atomic E-state index is 0.0969. The number of pyridine rings is 1. The summed E-state index contributed by atoms with van der Waals surface area (Å²) >= 11 is 0. The first kappa shape index (κ1) is 17.3. The van der Waals surface area contributed by atoms with Crippen molar-refractivity contribution in [2.24, 2.45) is 0 Å². The first-order valence-electron chi connectivity index (χ1n) is 7.86. The Balaban J connectivity index is 1.81. The van der Waals surface area contributed by atoms with E-state index in [1.165, 1.54) is 25.4 Å². The molecule has 1 heterocycles. The predicted octanol–water partition coefficient (Wildman–Crippen LogP) is 3.91. The highest BCUT2D eigenvalue weighted by molar-refractivity contribution is 5.96. The maximum absolute atomic E-state index is 12.9. The molecule has 3 rings (SSSR count). The molecule has 4 nitrogen and oxygen atoms in total. The summed E-state index contributed by atoms with van der Waals surface area (Å²) in [5.41, 5.74) is 0.300. The fourth-order valence-electron chi connectivity index (χ4n) is 2.62. The van der Waals surface area contributed by atoms with E-state index in [4.69, 9.17) is 4.74 Å². The molecule has 0 radical (unpaired) electrons. The van der Waals surface area contributed by atoms with Crippen LogP contribution < -0.4 is 4.74 Å². The van der Waals surface area contributed by atoms with Gasteiger partial charge < -0.3 is 9.64 Å². The van der Waals surface area contributed by atoms with Gasteiger partial charge in [0.2, 0.25) is 5.88 Å². The van der Waals surface area contributed by atoms with Crippen LogP contribution in [0.1, 0.15) is 34.3 Å². The first-order chi connectivity index (χ1) is 11.9. The molecule has 2 aromatic rings. The molecule has 1 aromatic carbocycles. The molecule has 0 bridgehead atoms. The lowest BCUT2D eigenvalue weighted by Crippen LogP contribution is -2.33. The van der Waals surface area contributed by atoms with Gasteiger partial charge in [0.1, 0.15) is 5.56 Å². The van der Waals surface area contributed by atoms with Gasteiger partial charge in [-0.2, -0.15) is 13.2 Å². The number of benzene rings is 1. The summed E-state index contributed by atoms with van der Waals surface area (Å²) in [6.07, 6.45) is -1.07. The van der Waals surface area contributed by atoms with Gasteiger partial charge in [0.05, 0.1) is 12.7 Å². The third-order valence-corrected chi connectivity index (χ3v) is 4.08. The van der Waals surface area contributed by atoms with Crippen LogP contribution in [0.25, 0.3) is 0 Å². The molecule has 0 unspecified atom stereocenters. The molecule has 0 N–H and O–H groups in total. The van der Waals surface area contributed by atoms with Gasteiger partial charge in [-0.15, -0.1) is 0 Å². The zero-order valence-electron chi connectivity index (χ0n) is 13.6. The van der Waals surface area contributed by atoms with Gasteiger partial charge in [-0.05, 0) is 42.7 Å². The summed E-state index contributed by atoms with van der Waals surface area (Å²) in [6.45, 7) is 0.250.